The lowest BCUT2D eigenvalue weighted by molar-refractivity contribution is -0.128. The van der Waals surface area contributed by atoms with Gasteiger partial charge in [-0.05, 0) is 24.1 Å². The fourth-order valence-corrected chi connectivity index (χ4v) is 3.98. The van der Waals surface area contributed by atoms with Crippen LogP contribution in [-0.2, 0) is 22.6 Å². The molecule has 142 valence electrons. The minimum Gasteiger partial charge on any atom is -0.481 e. The SMILES string of the molecule is COc1ncccc1CNC(=O)[C@H]1CS[C@H](Cc2ccccc2F)C(=O)N1. The highest BCUT2D eigenvalue weighted by molar-refractivity contribution is 8.00. The summed E-state index contributed by atoms with van der Waals surface area (Å²) in [6.07, 6.45) is 1.91. The number of pyridine rings is 1. The number of nitrogens with zero attached hydrogens (tertiary/aromatic N) is 1. The van der Waals surface area contributed by atoms with Gasteiger partial charge in [0.05, 0.1) is 12.4 Å². The summed E-state index contributed by atoms with van der Waals surface area (Å²) in [5, 5.41) is 5.11. The topological polar surface area (TPSA) is 80.3 Å². The number of rotatable bonds is 6. The van der Waals surface area contributed by atoms with Gasteiger partial charge in [-0.15, -0.1) is 11.8 Å². The molecule has 2 N–H and O–H groups in total. The molecule has 0 radical (unpaired) electrons. The van der Waals surface area contributed by atoms with Gasteiger partial charge in [0, 0.05) is 24.1 Å². The van der Waals surface area contributed by atoms with Crippen molar-refractivity contribution in [2.75, 3.05) is 12.9 Å². The van der Waals surface area contributed by atoms with E-state index >= 15 is 0 Å². The van der Waals surface area contributed by atoms with Crippen molar-refractivity contribution in [1.82, 2.24) is 15.6 Å². The number of carbonyl (C=O) groups is 2. The van der Waals surface area contributed by atoms with E-state index in [-0.39, 0.29) is 24.2 Å². The number of hydrogen-bond donors (Lipinski definition) is 2. The zero-order valence-electron chi connectivity index (χ0n) is 14.8. The minimum absolute atomic E-state index is 0.255. The van der Waals surface area contributed by atoms with Gasteiger partial charge in [0.25, 0.3) is 0 Å². The first-order chi connectivity index (χ1) is 13.1. The summed E-state index contributed by atoms with van der Waals surface area (Å²) in [5.41, 5.74) is 1.25. The first-order valence-corrected chi connectivity index (χ1v) is 9.54. The van der Waals surface area contributed by atoms with Crippen LogP contribution in [0.4, 0.5) is 4.39 Å². The molecular formula is C19H20FN3O3S. The molecule has 6 nitrogen and oxygen atoms in total. The molecule has 2 aromatic rings. The summed E-state index contributed by atoms with van der Waals surface area (Å²) in [5.74, 6) is 0.0293. The van der Waals surface area contributed by atoms with Crippen LogP contribution < -0.4 is 15.4 Å². The lowest BCUT2D eigenvalue weighted by Gasteiger charge is -2.28. The van der Waals surface area contributed by atoms with Gasteiger partial charge in [0.1, 0.15) is 11.9 Å². The number of methoxy groups -OCH3 is 1. The zero-order valence-corrected chi connectivity index (χ0v) is 15.6. The summed E-state index contributed by atoms with van der Waals surface area (Å²) >= 11 is 1.36. The first-order valence-electron chi connectivity index (χ1n) is 8.49. The molecule has 27 heavy (non-hydrogen) atoms. The van der Waals surface area contributed by atoms with Gasteiger partial charge in [-0.1, -0.05) is 24.3 Å². The van der Waals surface area contributed by atoms with Crippen molar-refractivity contribution >= 4 is 23.6 Å². The number of aromatic nitrogens is 1. The van der Waals surface area contributed by atoms with Crippen molar-refractivity contribution in [1.29, 1.82) is 0 Å². The number of amides is 2. The molecular weight excluding hydrogens is 369 g/mol. The maximum atomic E-state index is 13.8. The molecule has 0 aliphatic carbocycles. The fourth-order valence-electron chi connectivity index (χ4n) is 2.80. The molecule has 1 fully saturated rings. The molecule has 1 aliphatic heterocycles. The summed E-state index contributed by atoms with van der Waals surface area (Å²) in [4.78, 5) is 28.8. The van der Waals surface area contributed by atoms with Crippen molar-refractivity contribution in [3.8, 4) is 5.88 Å². The van der Waals surface area contributed by atoms with E-state index in [0.29, 0.717) is 23.6 Å². The van der Waals surface area contributed by atoms with Gasteiger partial charge >= 0.3 is 0 Å². The Hall–Kier alpha value is -2.61. The Kier molecular flexibility index (Phi) is 6.28. The highest BCUT2D eigenvalue weighted by Gasteiger charge is 2.32. The quantitative estimate of drug-likeness (QED) is 0.786. The van der Waals surface area contributed by atoms with E-state index in [1.807, 2.05) is 6.07 Å². The molecule has 2 atom stereocenters. The van der Waals surface area contributed by atoms with Crippen molar-refractivity contribution in [2.45, 2.75) is 24.3 Å². The number of benzene rings is 1. The molecule has 1 saturated heterocycles. The number of nitrogens with one attached hydrogen (secondary N) is 2. The monoisotopic (exact) mass is 389 g/mol. The summed E-state index contributed by atoms with van der Waals surface area (Å²) < 4.78 is 18.9. The van der Waals surface area contributed by atoms with Crippen molar-refractivity contribution < 1.29 is 18.7 Å². The third-order valence-electron chi connectivity index (χ3n) is 4.25. The number of thioether (sulfide) groups is 1. The molecule has 1 aliphatic rings. The Bertz CT molecular complexity index is 833. The second kappa shape index (κ2) is 8.85. The molecule has 1 aromatic heterocycles. The van der Waals surface area contributed by atoms with Crippen LogP contribution in [0.15, 0.2) is 42.6 Å². The minimum atomic E-state index is -0.623. The second-order valence-electron chi connectivity index (χ2n) is 6.07. The summed E-state index contributed by atoms with van der Waals surface area (Å²) in [6, 6.07) is 9.35. The Balaban J connectivity index is 1.53. The normalized spacial score (nSPS) is 19.3. The van der Waals surface area contributed by atoms with E-state index < -0.39 is 11.3 Å². The van der Waals surface area contributed by atoms with Crippen LogP contribution in [0.1, 0.15) is 11.1 Å². The Labute approximate surface area is 160 Å². The van der Waals surface area contributed by atoms with Gasteiger partial charge in [-0.2, -0.15) is 0 Å². The van der Waals surface area contributed by atoms with Crippen molar-refractivity contribution in [3.63, 3.8) is 0 Å². The van der Waals surface area contributed by atoms with Crippen LogP contribution in [0.25, 0.3) is 0 Å². The van der Waals surface area contributed by atoms with E-state index in [9.17, 15) is 14.0 Å². The van der Waals surface area contributed by atoms with Crippen LogP contribution in [0.2, 0.25) is 0 Å². The van der Waals surface area contributed by atoms with Gasteiger partial charge < -0.3 is 15.4 Å². The average molecular weight is 389 g/mol. The predicted molar refractivity (Wildman–Crippen MR) is 101 cm³/mol. The molecule has 2 heterocycles. The van der Waals surface area contributed by atoms with E-state index in [2.05, 4.69) is 15.6 Å². The predicted octanol–water partition coefficient (Wildman–Crippen LogP) is 1.69. The number of ether oxygens (including phenoxy) is 1. The van der Waals surface area contributed by atoms with Crippen molar-refractivity contribution in [2.24, 2.45) is 0 Å². The van der Waals surface area contributed by atoms with Crippen molar-refractivity contribution in [3.05, 3.63) is 59.5 Å². The third kappa shape index (κ3) is 4.77. The van der Waals surface area contributed by atoms with Gasteiger partial charge in [0.2, 0.25) is 17.7 Å². The third-order valence-corrected chi connectivity index (χ3v) is 5.56. The van der Waals surface area contributed by atoms with Crippen LogP contribution in [0.3, 0.4) is 0 Å². The summed E-state index contributed by atoms with van der Waals surface area (Å²) in [7, 11) is 1.52. The largest absolute Gasteiger partial charge is 0.481 e. The second-order valence-corrected chi connectivity index (χ2v) is 7.30. The molecule has 0 unspecified atom stereocenters. The average Bonchev–Trinajstić information content (AvgIpc) is 2.69. The van der Waals surface area contributed by atoms with Crippen LogP contribution in [0.5, 0.6) is 5.88 Å². The van der Waals surface area contributed by atoms with Crippen LogP contribution in [0, 0.1) is 5.82 Å². The lowest BCUT2D eigenvalue weighted by atomic mass is 10.1. The van der Waals surface area contributed by atoms with Crippen LogP contribution in [-0.4, -0.2) is 41.0 Å². The van der Waals surface area contributed by atoms with Gasteiger partial charge in [-0.3, -0.25) is 9.59 Å². The molecule has 3 rings (SSSR count). The Morgan fingerprint density at radius 3 is 2.85 bits per heavy atom. The van der Waals surface area contributed by atoms with Gasteiger partial charge in [0.15, 0.2) is 0 Å². The molecule has 2 amide bonds. The maximum absolute atomic E-state index is 13.8. The maximum Gasteiger partial charge on any atom is 0.243 e. The van der Waals surface area contributed by atoms with E-state index in [0.717, 1.165) is 5.56 Å². The lowest BCUT2D eigenvalue weighted by Crippen LogP contribution is -2.54. The summed E-state index contributed by atoms with van der Waals surface area (Å²) in [6.45, 7) is 0.255. The molecule has 0 bridgehead atoms. The van der Waals surface area contributed by atoms with E-state index in [1.54, 1.807) is 30.5 Å². The number of carbonyl (C=O) groups excluding carboxylic acids is 2. The Morgan fingerprint density at radius 1 is 1.33 bits per heavy atom. The number of hydrogen-bond acceptors (Lipinski definition) is 5. The van der Waals surface area contributed by atoms with E-state index in [1.165, 1.54) is 24.9 Å². The molecule has 1 aromatic carbocycles. The first kappa shape index (κ1) is 19.2. The smallest absolute Gasteiger partial charge is 0.243 e. The fraction of sp³-hybridized carbons (Fsp3) is 0.316. The molecule has 8 heteroatoms. The van der Waals surface area contributed by atoms with E-state index in [4.69, 9.17) is 4.74 Å². The molecule has 0 saturated carbocycles. The van der Waals surface area contributed by atoms with Crippen LogP contribution >= 0.6 is 11.8 Å². The highest BCUT2D eigenvalue weighted by Crippen LogP contribution is 2.23. The molecule has 0 spiro atoms. The Morgan fingerprint density at radius 2 is 2.11 bits per heavy atom. The highest BCUT2D eigenvalue weighted by atomic mass is 32.2. The van der Waals surface area contributed by atoms with Gasteiger partial charge in [-0.25, -0.2) is 9.37 Å². The number of halogens is 1. The standard InChI is InChI=1S/C19H20FN3O3S/c1-26-19-13(6-4-8-21-19)10-22-17(24)15-11-27-16(18(25)23-15)9-12-5-2-3-7-14(12)20/h2-8,15-16H,9-11H2,1H3,(H,22,24)(H,23,25)/t15-,16-/m1/s1. The zero-order chi connectivity index (χ0) is 19.2.